The van der Waals surface area contributed by atoms with Gasteiger partial charge in [-0.2, -0.15) is 13.2 Å². The fourth-order valence-corrected chi connectivity index (χ4v) is 3.58. The van der Waals surface area contributed by atoms with Gasteiger partial charge in [-0.1, -0.05) is 13.3 Å². The van der Waals surface area contributed by atoms with Crippen LogP contribution in [0.4, 0.5) is 13.2 Å². The molecule has 16 heavy (non-hydrogen) atoms. The SMILES string of the molecule is CC(C1CC2CCC1C2)C(C)(O)C(F)(F)F. The van der Waals surface area contributed by atoms with Crippen LogP contribution in [0.25, 0.3) is 0 Å². The van der Waals surface area contributed by atoms with Gasteiger partial charge in [-0.3, -0.25) is 0 Å². The van der Waals surface area contributed by atoms with Crippen LogP contribution in [0.3, 0.4) is 0 Å². The number of halogens is 3. The number of rotatable bonds is 2. The highest BCUT2D eigenvalue weighted by molar-refractivity contribution is 4.98. The minimum Gasteiger partial charge on any atom is -0.380 e. The first kappa shape index (κ1) is 12.2. The Kier molecular flexibility index (Phi) is 2.76. The van der Waals surface area contributed by atoms with Crippen LogP contribution in [0.1, 0.15) is 39.5 Å². The monoisotopic (exact) mass is 236 g/mol. The minimum absolute atomic E-state index is 0.0513. The topological polar surface area (TPSA) is 20.2 Å². The van der Waals surface area contributed by atoms with E-state index in [0.29, 0.717) is 11.8 Å². The second-order valence-corrected chi connectivity index (χ2v) is 5.77. The lowest BCUT2D eigenvalue weighted by Crippen LogP contribution is -2.50. The Balaban J connectivity index is 2.10. The Morgan fingerprint density at radius 3 is 2.19 bits per heavy atom. The second-order valence-electron chi connectivity index (χ2n) is 5.77. The van der Waals surface area contributed by atoms with Gasteiger partial charge >= 0.3 is 6.18 Å². The lowest BCUT2D eigenvalue weighted by Gasteiger charge is -2.39. The van der Waals surface area contributed by atoms with Gasteiger partial charge in [0.1, 0.15) is 0 Å². The van der Waals surface area contributed by atoms with Crippen LogP contribution in [0.15, 0.2) is 0 Å². The van der Waals surface area contributed by atoms with Gasteiger partial charge < -0.3 is 5.11 Å². The zero-order valence-corrected chi connectivity index (χ0v) is 9.72. The Labute approximate surface area is 94.0 Å². The smallest absolute Gasteiger partial charge is 0.380 e. The first-order valence-corrected chi connectivity index (χ1v) is 6.02. The summed E-state index contributed by atoms with van der Waals surface area (Å²) in [6.45, 7) is 2.47. The zero-order chi connectivity index (χ0) is 12.1. The van der Waals surface area contributed by atoms with E-state index in [1.165, 1.54) is 6.42 Å². The summed E-state index contributed by atoms with van der Waals surface area (Å²) in [6, 6.07) is 0. The van der Waals surface area contributed by atoms with Crippen LogP contribution in [-0.2, 0) is 0 Å². The average molecular weight is 236 g/mol. The molecule has 0 aromatic rings. The molecule has 0 aromatic heterocycles. The highest BCUT2D eigenvalue weighted by Gasteiger charge is 2.57. The summed E-state index contributed by atoms with van der Waals surface area (Å²) in [5.74, 6) is 0.383. The van der Waals surface area contributed by atoms with Crippen molar-refractivity contribution in [3.05, 3.63) is 0 Å². The minimum atomic E-state index is -4.52. The molecule has 0 aromatic carbocycles. The fraction of sp³-hybridized carbons (Fsp3) is 1.00. The Bertz CT molecular complexity index is 272. The molecule has 0 spiro atoms. The number of fused-ring (bicyclic) bond motifs is 2. The van der Waals surface area contributed by atoms with Gasteiger partial charge in [0.2, 0.25) is 0 Å². The van der Waals surface area contributed by atoms with Gasteiger partial charge in [0.15, 0.2) is 5.60 Å². The van der Waals surface area contributed by atoms with E-state index in [4.69, 9.17) is 0 Å². The van der Waals surface area contributed by atoms with Crippen molar-refractivity contribution in [1.82, 2.24) is 0 Å². The third kappa shape index (κ3) is 1.75. The van der Waals surface area contributed by atoms with Crippen molar-refractivity contribution in [3.63, 3.8) is 0 Å². The van der Waals surface area contributed by atoms with E-state index in [2.05, 4.69) is 0 Å². The zero-order valence-electron chi connectivity index (χ0n) is 9.72. The maximum atomic E-state index is 12.7. The largest absolute Gasteiger partial charge is 0.417 e. The lowest BCUT2D eigenvalue weighted by molar-refractivity contribution is -0.277. The summed E-state index contributed by atoms with van der Waals surface area (Å²) in [5, 5.41) is 9.68. The first-order chi connectivity index (χ1) is 7.23. The second kappa shape index (κ2) is 3.62. The Morgan fingerprint density at radius 1 is 1.19 bits per heavy atom. The molecule has 2 aliphatic carbocycles. The molecule has 2 saturated carbocycles. The van der Waals surface area contributed by atoms with E-state index in [9.17, 15) is 18.3 Å². The molecular formula is C12H19F3O. The van der Waals surface area contributed by atoms with E-state index in [1.54, 1.807) is 6.92 Å². The standard InChI is InChI=1S/C12H19F3O/c1-7(11(2,16)12(13,14)15)10-6-8-3-4-9(10)5-8/h7-10,16H,3-6H2,1-2H3. The third-order valence-electron chi connectivity index (χ3n) is 4.90. The summed E-state index contributed by atoms with van der Waals surface area (Å²) in [6.07, 6.45) is -0.356. The molecular weight excluding hydrogens is 217 g/mol. The molecule has 1 N–H and O–H groups in total. The van der Waals surface area contributed by atoms with Crippen LogP contribution < -0.4 is 0 Å². The van der Waals surface area contributed by atoms with E-state index in [1.807, 2.05) is 0 Å². The van der Waals surface area contributed by atoms with E-state index < -0.39 is 17.7 Å². The third-order valence-corrected chi connectivity index (χ3v) is 4.90. The van der Waals surface area contributed by atoms with E-state index in [0.717, 1.165) is 26.2 Å². The van der Waals surface area contributed by atoms with Gasteiger partial charge in [0.25, 0.3) is 0 Å². The normalized spacial score (nSPS) is 39.8. The van der Waals surface area contributed by atoms with Crippen molar-refractivity contribution in [1.29, 1.82) is 0 Å². The van der Waals surface area contributed by atoms with Crippen molar-refractivity contribution in [2.45, 2.75) is 51.3 Å². The predicted octanol–water partition coefficient (Wildman–Crippen LogP) is 3.37. The molecule has 4 heteroatoms. The van der Waals surface area contributed by atoms with Gasteiger partial charge in [0.05, 0.1) is 0 Å². The van der Waals surface area contributed by atoms with E-state index in [-0.39, 0.29) is 5.92 Å². The van der Waals surface area contributed by atoms with Crippen molar-refractivity contribution in [3.8, 4) is 0 Å². The maximum Gasteiger partial charge on any atom is 0.417 e. The summed E-state index contributed by atoms with van der Waals surface area (Å²) in [4.78, 5) is 0. The molecule has 0 heterocycles. The van der Waals surface area contributed by atoms with Crippen molar-refractivity contribution >= 4 is 0 Å². The van der Waals surface area contributed by atoms with Crippen LogP contribution in [0.2, 0.25) is 0 Å². The highest BCUT2D eigenvalue weighted by atomic mass is 19.4. The average Bonchev–Trinajstić information content (AvgIpc) is 2.75. The molecule has 2 bridgehead atoms. The molecule has 2 aliphatic rings. The molecule has 2 rings (SSSR count). The van der Waals surface area contributed by atoms with Crippen molar-refractivity contribution in [2.24, 2.45) is 23.7 Å². The van der Waals surface area contributed by atoms with Gasteiger partial charge in [-0.25, -0.2) is 0 Å². The van der Waals surface area contributed by atoms with E-state index >= 15 is 0 Å². The highest BCUT2D eigenvalue weighted by Crippen LogP contribution is 2.54. The quantitative estimate of drug-likeness (QED) is 0.779. The van der Waals surface area contributed by atoms with Gasteiger partial charge in [-0.05, 0) is 49.9 Å². The summed E-state index contributed by atoms with van der Waals surface area (Å²) in [5.41, 5.74) is -2.54. The molecule has 5 atom stereocenters. The van der Waals surface area contributed by atoms with Crippen molar-refractivity contribution < 1.29 is 18.3 Å². The number of aliphatic hydroxyl groups is 1. The number of hydrogen-bond acceptors (Lipinski definition) is 1. The molecule has 2 fully saturated rings. The fourth-order valence-electron chi connectivity index (χ4n) is 3.58. The molecule has 0 amide bonds. The molecule has 0 aliphatic heterocycles. The first-order valence-electron chi connectivity index (χ1n) is 6.02. The predicted molar refractivity (Wildman–Crippen MR) is 54.8 cm³/mol. The van der Waals surface area contributed by atoms with Crippen LogP contribution in [0.5, 0.6) is 0 Å². The molecule has 0 radical (unpaired) electrons. The summed E-state index contributed by atoms with van der Waals surface area (Å²) in [7, 11) is 0. The van der Waals surface area contributed by atoms with Gasteiger partial charge in [-0.15, -0.1) is 0 Å². The number of hydrogen-bond donors (Lipinski definition) is 1. The molecule has 1 nitrogen and oxygen atoms in total. The van der Waals surface area contributed by atoms with Crippen LogP contribution in [0, 0.1) is 23.7 Å². The Hall–Kier alpha value is -0.250. The molecule has 94 valence electrons. The summed E-state index contributed by atoms with van der Waals surface area (Å²) < 4.78 is 38.2. The van der Waals surface area contributed by atoms with Crippen LogP contribution in [-0.4, -0.2) is 16.9 Å². The summed E-state index contributed by atoms with van der Waals surface area (Å²) >= 11 is 0. The molecule has 5 unspecified atom stereocenters. The lowest BCUT2D eigenvalue weighted by atomic mass is 9.72. The van der Waals surface area contributed by atoms with Crippen LogP contribution >= 0.6 is 0 Å². The molecule has 0 saturated heterocycles. The maximum absolute atomic E-state index is 12.7. The van der Waals surface area contributed by atoms with Crippen molar-refractivity contribution in [2.75, 3.05) is 0 Å². The van der Waals surface area contributed by atoms with Gasteiger partial charge in [0, 0.05) is 0 Å². The Morgan fingerprint density at radius 2 is 1.81 bits per heavy atom. The number of alkyl halides is 3.